The van der Waals surface area contributed by atoms with Crippen LogP contribution in [0.4, 0.5) is 10.2 Å². The maximum atomic E-state index is 13.1. The Morgan fingerprint density at radius 1 is 1.46 bits per heavy atom. The first kappa shape index (κ1) is 16.2. The number of fused-ring (bicyclic) bond motifs is 1. The number of ether oxygens (including phenoxy) is 1. The van der Waals surface area contributed by atoms with Crippen LogP contribution in [0.1, 0.15) is 12.5 Å². The number of hydrogen-bond donors (Lipinski definition) is 2. The Morgan fingerprint density at radius 2 is 2.25 bits per heavy atom. The van der Waals surface area contributed by atoms with Gasteiger partial charge in [-0.05, 0) is 36.8 Å². The molecule has 1 aromatic heterocycles. The largest absolute Gasteiger partial charge is 0.464 e. The second-order valence-electron chi connectivity index (χ2n) is 5.37. The van der Waals surface area contributed by atoms with Crippen LogP contribution in [0.2, 0.25) is 5.02 Å². The predicted molar refractivity (Wildman–Crippen MR) is 85.2 cm³/mol. The molecule has 2 amide bonds. The molecule has 1 aliphatic heterocycles. The molecule has 8 heteroatoms. The van der Waals surface area contributed by atoms with Crippen molar-refractivity contribution in [1.29, 1.82) is 0 Å². The average molecular weight is 350 g/mol. The molecular formula is C16H13ClFN3O3. The summed E-state index contributed by atoms with van der Waals surface area (Å²) in [7, 11) is 0. The van der Waals surface area contributed by atoms with E-state index in [1.54, 1.807) is 12.1 Å². The molecule has 1 aliphatic rings. The number of nitrogens with one attached hydrogen (secondary N) is 2. The van der Waals surface area contributed by atoms with Gasteiger partial charge < -0.3 is 15.4 Å². The third-order valence-corrected chi connectivity index (χ3v) is 3.91. The first-order chi connectivity index (χ1) is 11.4. The lowest BCUT2D eigenvalue weighted by molar-refractivity contribution is -0.146. The SMILES string of the molecule is C[C@@]1(C(=O)NCc2ccc(F)c(Cl)c2)Oc2cccnc2NC1=O. The number of rotatable bonds is 3. The minimum absolute atomic E-state index is 0.0420. The maximum Gasteiger partial charge on any atom is 0.279 e. The van der Waals surface area contributed by atoms with Crippen molar-refractivity contribution in [3.05, 3.63) is 52.9 Å². The zero-order chi connectivity index (χ0) is 17.3. The predicted octanol–water partition coefficient (Wildman–Crippen LogP) is 2.28. The first-order valence-corrected chi connectivity index (χ1v) is 7.45. The van der Waals surface area contributed by atoms with Gasteiger partial charge in [-0.15, -0.1) is 0 Å². The van der Waals surface area contributed by atoms with E-state index < -0.39 is 23.2 Å². The van der Waals surface area contributed by atoms with Crippen molar-refractivity contribution >= 4 is 29.2 Å². The van der Waals surface area contributed by atoms with E-state index >= 15 is 0 Å². The van der Waals surface area contributed by atoms with Gasteiger partial charge in [-0.2, -0.15) is 0 Å². The minimum Gasteiger partial charge on any atom is -0.464 e. The van der Waals surface area contributed by atoms with Gasteiger partial charge in [0.1, 0.15) is 5.82 Å². The summed E-state index contributed by atoms with van der Waals surface area (Å²) in [5.74, 6) is -1.23. The molecule has 0 unspecified atom stereocenters. The topological polar surface area (TPSA) is 80.3 Å². The summed E-state index contributed by atoms with van der Waals surface area (Å²) in [6, 6.07) is 7.34. The summed E-state index contributed by atoms with van der Waals surface area (Å²) in [4.78, 5) is 28.6. The third kappa shape index (κ3) is 2.90. The molecule has 0 aliphatic carbocycles. The van der Waals surface area contributed by atoms with Crippen LogP contribution in [0, 0.1) is 5.82 Å². The Hall–Kier alpha value is -2.67. The zero-order valence-corrected chi connectivity index (χ0v) is 13.4. The molecule has 0 fully saturated rings. The fourth-order valence-corrected chi connectivity index (χ4v) is 2.41. The van der Waals surface area contributed by atoms with Gasteiger partial charge in [0.15, 0.2) is 11.6 Å². The first-order valence-electron chi connectivity index (χ1n) is 7.08. The number of benzene rings is 1. The van der Waals surface area contributed by atoms with Crippen molar-refractivity contribution in [2.45, 2.75) is 19.1 Å². The van der Waals surface area contributed by atoms with Gasteiger partial charge in [0.25, 0.3) is 17.4 Å². The molecule has 2 heterocycles. The van der Waals surface area contributed by atoms with E-state index in [-0.39, 0.29) is 17.4 Å². The number of anilines is 1. The van der Waals surface area contributed by atoms with Crippen LogP contribution < -0.4 is 15.4 Å². The molecule has 0 radical (unpaired) electrons. The van der Waals surface area contributed by atoms with Crippen molar-refractivity contribution in [2.24, 2.45) is 0 Å². The molecule has 0 saturated carbocycles. The molecule has 1 aromatic carbocycles. The normalized spacial score (nSPS) is 19.0. The molecule has 1 atom stereocenters. The van der Waals surface area contributed by atoms with Crippen molar-refractivity contribution in [2.75, 3.05) is 5.32 Å². The van der Waals surface area contributed by atoms with E-state index in [2.05, 4.69) is 15.6 Å². The van der Waals surface area contributed by atoms with Crippen LogP contribution in [0.15, 0.2) is 36.5 Å². The minimum atomic E-state index is -1.74. The fraction of sp³-hybridized carbons (Fsp3) is 0.188. The monoisotopic (exact) mass is 349 g/mol. The van der Waals surface area contributed by atoms with Crippen LogP contribution in [0.25, 0.3) is 0 Å². The summed E-state index contributed by atoms with van der Waals surface area (Å²) < 4.78 is 18.7. The number of carbonyl (C=O) groups excluding carboxylic acids is 2. The van der Waals surface area contributed by atoms with E-state index in [1.165, 1.54) is 31.3 Å². The highest BCUT2D eigenvalue weighted by Gasteiger charge is 2.47. The van der Waals surface area contributed by atoms with Crippen molar-refractivity contribution < 1.29 is 18.7 Å². The quantitative estimate of drug-likeness (QED) is 0.833. The van der Waals surface area contributed by atoms with Crippen LogP contribution in [0.3, 0.4) is 0 Å². The molecule has 124 valence electrons. The van der Waals surface area contributed by atoms with Gasteiger partial charge in [0, 0.05) is 12.7 Å². The summed E-state index contributed by atoms with van der Waals surface area (Å²) in [6.07, 6.45) is 1.50. The van der Waals surface area contributed by atoms with Gasteiger partial charge >= 0.3 is 0 Å². The maximum absolute atomic E-state index is 13.1. The Balaban J connectivity index is 1.74. The smallest absolute Gasteiger partial charge is 0.279 e. The van der Waals surface area contributed by atoms with E-state index in [0.717, 1.165) is 0 Å². The van der Waals surface area contributed by atoms with Crippen LogP contribution in [-0.4, -0.2) is 22.4 Å². The van der Waals surface area contributed by atoms with Gasteiger partial charge in [-0.3, -0.25) is 9.59 Å². The summed E-state index contributed by atoms with van der Waals surface area (Å²) >= 11 is 5.70. The molecule has 2 N–H and O–H groups in total. The molecule has 0 spiro atoms. The highest BCUT2D eigenvalue weighted by molar-refractivity contribution is 6.30. The molecule has 2 aromatic rings. The lowest BCUT2D eigenvalue weighted by atomic mass is 10.0. The van der Waals surface area contributed by atoms with Crippen LogP contribution in [0.5, 0.6) is 5.75 Å². The fourth-order valence-electron chi connectivity index (χ4n) is 2.21. The second kappa shape index (κ2) is 6.09. The summed E-state index contributed by atoms with van der Waals surface area (Å²) in [5, 5.41) is 5.09. The zero-order valence-electron chi connectivity index (χ0n) is 12.6. The molecule has 6 nitrogen and oxygen atoms in total. The van der Waals surface area contributed by atoms with Crippen molar-refractivity contribution in [3.8, 4) is 5.75 Å². The van der Waals surface area contributed by atoms with Crippen molar-refractivity contribution in [3.63, 3.8) is 0 Å². The van der Waals surface area contributed by atoms with Gasteiger partial charge in [-0.25, -0.2) is 9.37 Å². The molecule has 24 heavy (non-hydrogen) atoms. The van der Waals surface area contributed by atoms with Crippen molar-refractivity contribution in [1.82, 2.24) is 10.3 Å². The lowest BCUT2D eigenvalue weighted by Crippen LogP contribution is -2.58. The molecule has 0 saturated heterocycles. The number of aromatic nitrogens is 1. The highest BCUT2D eigenvalue weighted by atomic mass is 35.5. The molecule has 0 bridgehead atoms. The standard InChI is InChI=1S/C16H13ClFN3O3/c1-16(15(23)21-13-12(24-16)3-2-6-19-13)14(22)20-8-9-4-5-11(18)10(17)7-9/h2-7H,8H2,1H3,(H,20,22)(H,19,21,23)/t16-/m0/s1. The number of pyridine rings is 1. The third-order valence-electron chi connectivity index (χ3n) is 3.62. The number of hydrogen-bond acceptors (Lipinski definition) is 4. The average Bonchev–Trinajstić information content (AvgIpc) is 2.56. The van der Waals surface area contributed by atoms with Gasteiger partial charge in [0.05, 0.1) is 5.02 Å². The summed E-state index contributed by atoms with van der Waals surface area (Å²) in [5.41, 5.74) is -1.14. The van der Waals surface area contributed by atoms with E-state index in [9.17, 15) is 14.0 Å². The number of amides is 2. The number of carbonyl (C=O) groups is 2. The van der Waals surface area contributed by atoms with E-state index in [4.69, 9.17) is 16.3 Å². The van der Waals surface area contributed by atoms with Crippen LogP contribution in [-0.2, 0) is 16.1 Å². The highest BCUT2D eigenvalue weighted by Crippen LogP contribution is 2.31. The van der Waals surface area contributed by atoms with Gasteiger partial charge in [-0.1, -0.05) is 17.7 Å². The number of halogens is 2. The Kier molecular flexibility index (Phi) is 4.11. The Labute approximate surface area is 142 Å². The summed E-state index contributed by atoms with van der Waals surface area (Å²) in [6.45, 7) is 1.44. The molecular weight excluding hydrogens is 337 g/mol. The second-order valence-corrected chi connectivity index (χ2v) is 5.78. The van der Waals surface area contributed by atoms with Gasteiger partial charge in [0.2, 0.25) is 0 Å². The lowest BCUT2D eigenvalue weighted by Gasteiger charge is -2.32. The van der Waals surface area contributed by atoms with E-state index in [0.29, 0.717) is 11.3 Å². The van der Waals surface area contributed by atoms with E-state index in [1.807, 2.05) is 0 Å². The Bertz CT molecular complexity index is 830. The number of nitrogens with zero attached hydrogens (tertiary/aromatic N) is 1. The van der Waals surface area contributed by atoms with Crippen LogP contribution >= 0.6 is 11.6 Å². The Morgan fingerprint density at radius 3 is 3.00 bits per heavy atom. The molecule has 3 rings (SSSR count).